The molecular formula is C17H21ClN4O2. The molecule has 6 nitrogen and oxygen atoms in total. The molecule has 0 radical (unpaired) electrons. The summed E-state index contributed by atoms with van der Waals surface area (Å²) in [5.74, 6) is 0.831. The highest BCUT2D eigenvalue weighted by Gasteiger charge is 2.43. The first-order valence-corrected chi connectivity index (χ1v) is 7.85. The van der Waals surface area contributed by atoms with Crippen LogP contribution in [0, 0.1) is 20.8 Å². The van der Waals surface area contributed by atoms with Gasteiger partial charge in [-0.1, -0.05) is 6.07 Å². The number of halogens is 1. The summed E-state index contributed by atoms with van der Waals surface area (Å²) in [6.07, 6.45) is 1.67. The molecule has 2 aromatic rings. The van der Waals surface area contributed by atoms with E-state index in [1.54, 1.807) is 6.33 Å². The maximum Gasteiger partial charge on any atom is 0.325 e. The summed E-state index contributed by atoms with van der Waals surface area (Å²) in [7, 11) is 0. The number of carbonyl (C=O) groups excluding carboxylic acids is 1. The Hall–Kier alpha value is -2.21. The second-order valence-corrected chi connectivity index (χ2v) is 6.40. The van der Waals surface area contributed by atoms with Crippen molar-refractivity contribution < 1.29 is 9.53 Å². The van der Waals surface area contributed by atoms with Gasteiger partial charge in [0.05, 0.1) is 30.3 Å². The fraction of sp³-hybridized carbons (Fsp3) is 0.412. The number of amides is 2. The Labute approximate surface area is 147 Å². The van der Waals surface area contributed by atoms with Gasteiger partial charge in [0.2, 0.25) is 0 Å². The van der Waals surface area contributed by atoms with Crippen LogP contribution >= 0.6 is 12.4 Å². The summed E-state index contributed by atoms with van der Waals surface area (Å²) in [6.45, 7) is 7.78. The lowest BCUT2D eigenvalue weighted by Gasteiger charge is -2.31. The highest BCUT2D eigenvalue weighted by atomic mass is 35.5. The van der Waals surface area contributed by atoms with Crippen LogP contribution in [0.25, 0.3) is 0 Å². The van der Waals surface area contributed by atoms with Crippen LogP contribution in [0.4, 0.5) is 10.5 Å². The molecule has 0 saturated carbocycles. The van der Waals surface area contributed by atoms with Crippen molar-refractivity contribution in [3.8, 4) is 5.75 Å². The summed E-state index contributed by atoms with van der Waals surface area (Å²) in [5, 5.41) is 0. The lowest BCUT2D eigenvalue weighted by atomic mass is 10.1. The van der Waals surface area contributed by atoms with Crippen LogP contribution < -0.4 is 9.64 Å². The van der Waals surface area contributed by atoms with E-state index >= 15 is 0 Å². The van der Waals surface area contributed by atoms with Gasteiger partial charge in [0.1, 0.15) is 12.4 Å². The zero-order valence-corrected chi connectivity index (χ0v) is 14.8. The number of urea groups is 1. The Morgan fingerprint density at radius 1 is 1.33 bits per heavy atom. The molecule has 1 fully saturated rings. The molecule has 1 unspecified atom stereocenters. The van der Waals surface area contributed by atoms with Gasteiger partial charge in [0.25, 0.3) is 0 Å². The largest absolute Gasteiger partial charge is 0.489 e. The molecule has 24 heavy (non-hydrogen) atoms. The first-order valence-electron chi connectivity index (χ1n) is 7.85. The number of rotatable bonds is 2. The van der Waals surface area contributed by atoms with Crippen molar-refractivity contribution in [2.45, 2.75) is 33.4 Å². The summed E-state index contributed by atoms with van der Waals surface area (Å²) in [4.78, 5) is 24.0. The van der Waals surface area contributed by atoms with Crippen LogP contribution in [0.5, 0.6) is 5.75 Å². The molecule has 2 amide bonds. The van der Waals surface area contributed by atoms with E-state index in [0.717, 1.165) is 34.0 Å². The first kappa shape index (κ1) is 16.6. The number of fused-ring (bicyclic) bond motifs is 3. The third-order valence-electron chi connectivity index (χ3n) is 4.63. The second kappa shape index (κ2) is 6.02. The molecule has 128 valence electrons. The van der Waals surface area contributed by atoms with Gasteiger partial charge in [-0.3, -0.25) is 4.90 Å². The van der Waals surface area contributed by atoms with Crippen LogP contribution in [0.3, 0.4) is 0 Å². The van der Waals surface area contributed by atoms with Crippen LogP contribution in [-0.2, 0) is 6.54 Å². The number of H-pyrrole nitrogens is 1. The van der Waals surface area contributed by atoms with Crippen molar-refractivity contribution >= 4 is 24.1 Å². The highest BCUT2D eigenvalue weighted by molar-refractivity contribution is 5.97. The molecule has 0 spiro atoms. The maximum atomic E-state index is 12.9. The van der Waals surface area contributed by atoms with E-state index < -0.39 is 0 Å². The molecule has 7 heteroatoms. The van der Waals surface area contributed by atoms with Gasteiger partial charge in [-0.2, -0.15) is 0 Å². The zero-order valence-electron chi connectivity index (χ0n) is 14.0. The zero-order chi connectivity index (χ0) is 16.1. The fourth-order valence-electron chi connectivity index (χ4n) is 3.49. The van der Waals surface area contributed by atoms with Crippen molar-refractivity contribution in [2.24, 2.45) is 0 Å². The Balaban J connectivity index is 0.00000169. The number of anilines is 1. The number of aromatic amines is 1. The predicted octanol–water partition coefficient (Wildman–Crippen LogP) is 2.96. The van der Waals surface area contributed by atoms with Gasteiger partial charge < -0.3 is 14.6 Å². The number of aromatic nitrogens is 2. The normalized spacial score (nSPS) is 18.8. The van der Waals surface area contributed by atoms with Crippen molar-refractivity contribution in [1.82, 2.24) is 14.9 Å². The third kappa shape index (κ3) is 2.51. The second-order valence-electron chi connectivity index (χ2n) is 6.40. The van der Waals surface area contributed by atoms with Crippen molar-refractivity contribution in [3.63, 3.8) is 0 Å². The van der Waals surface area contributed by atoms with Crippen LogP contribution in [0.1, 0.15) is 22.5 Å². The topological polar surface area (TPSA) is 61.5 Å². The van der Waals surface area contributed by atoms with Gasteiger partial charge in [0, 0.05) is 12.2 Å². The molecule has 1 saturated heterocycles. The number of benzene rings is 1. The molecule has 1 aromatic heterocycles. The number of carbonyl (C=O) groups is 1. The summed E-state index contributed by atoms with van der Waals surface area (Å²) >= 11 is 0. The lowest BCUT2D eigenvalue weighted by molar-refractivity contribution is 0.218. The minimum atomic E-state index is 0. The number of ether oxygens (including phenoxy) is 1. The monoisotopic (exact) mass is 348 g/mol. The van der Waals surface area contributed by atoms with E-state index in [-0.39, 0.29) is 24.5 Å². The molecule has 3 heterocycles. The summed E-state index contributed by atoms with van der Waals surface area (Å²) in [6, 6.07) is 4.22. The molecule has 0 aliphatic carbocycles. The average molecular weight is 349 g/mol. The van der Waals surface area contributed by atoms with E-state index in [4.69, 9.17) is 4.74 Å². The average Bonchev–Trinajstić information content (AvgIpc) is 3.04. The van der Waals surface area contributed by atoms with Gasteiger partial charge in [0.15, 0.2) is 0 Å². The van der Waals surface area contributed by atoms with Gasteiger partial charge in [-0.25, -0.2) is 9.78 Å². The highest BCUT2D eigenvalue weighted by Crippen LogP contribution is 2.40. The Kier molecular flexibility index (Phi) is 4.17. The lowest BCUT2D eigenvalue weighted by Crippen LogP contribution is -2.41. The number of aryl methyl sites for hydroxylation is 3. The number of hydrogen-bond donors (Lipinski definition) is 1. The Bertz CT molecular complexity index is 789. The quantitative estimate of drug-likeness (QED) is 0.907. The van der Waals surface area contributed by atoms with Gasteiger partial charge in [-0.05, 0) is 38.0 Å². The third-order valence-corrected chi connectivity index (χ3v) is 4.63. The number of nitrogens with one attached hydrogen (secondary N) is 1. The van der Waals surface area contributed by atoms with Crippen molar-refractivity contribution in [3.05, 3.63) is 41.0 Å². The number of hydrogen-bond acceptors (Lipinski definition) is 3. The van der Waals surface area contributed by atoms with E-state index in [1.807, 2.05) is 36.6 Å². The minimum Gasteiger partial charge on any atom is -0.489 e. The smallest absolute Gasteiger partial charge is 0.325 e. The van der Waals surface area contributed by atoms with Crippen LogP contribution in [0.2, 0.25) is 0 Å². The molecule has 4 rings (SSSR count). The fourth-order valence-corrected chi connectivity index (χ4v) is 3.49. The van der Waals surface area contributed by atoms with Crippen LogP contribution in [-0.4, -0.2) is 40.1 Å². The van der Waals surface area contributed by atoms with E-state index in [2.05, 4.69) is 16.0 Å². The summed E-state index contributed by atoms with van der Waals surface area (Å²) in [5.41, 5.74) is 5.03. The maximum absolute atomic E-state index is 12.9. The van der Waals surface area contributed by atoms with Gasteiger partial charge in [-0.15, -0.1) is 12.4 Å². The molecule has 2 aliphatic rings. The molecule has 1 atom stereocenters. The van der Waals surface area contributed by atoms with E-state index in [0.29, 0.717) is 19.7 Å². The van der Waals surface area contributed by atoms with E-state index in [9.17, 15) is 4.79 Å². The first-order chi connectivity index (χ1) is 11.0. The van der Waals surface area contributed by atoms with Gasteiger partial charge >= 0.3 is 6.03 Å². The van der Waals surface area contributed by atoms with Crippen molar-refractivity contribution in [1.29, 1.82) is 0 Å². The Morgan fingerprint density at radius 3 is 2.83 bits per heavy atom. The predicted molar refractivity (Wildman–Crippen MR) is 94.1 cm³/mol. The molecule has 2 aliphatic heterocycles. The van der Waals surface area contributed by atoms with E-state index in [1.165, 1.54) is 0 Å². The SMILES string of the molecule is Cc1cc(C)c2c(c1)N1C(=O)N(Cc3nc[nH]c3C)CC1CO2.Cl. The molecule has 0 bridgehead atoms. The molecule has 1 N–H and O–H groups in total. The van der Waals surface area contributed by atoms with Crippen LogP contribution in [0.15, 0.2) is 18.5 Å². The summed E-state index contributed by atoms with van der Waals surface area (Å²) < 4.78 is 5.94. The van der Waals surface area contributed by atoms with Crippen molar-refractivity contribution in [2.75, 3.05) is 18.1 Å². The number of nitrogens with zero attached hydrogens (tertiary/aromatic N) is 3. The minimum absolute atomic E-state index is 0. The molecular weight excluding hydrogens is 328 g/mol. The number of imidazole rings is 1. The standard InChI is InChI=1S/C17H20N4O2.ClH/c1-10-4-11(2)16-15(5-10)21-13(8-23-16)6-20(17(21)22)7-14-12(3)18-9-19-14;/h4-5,9,13H,6-8H2,1-3H3,(H,18,19);1H. The molecule has 1 aromatic carbocycles. The Morgan fingerprint density at radius 2 is 2.12 bits per heavy atom.